The first-order valence-corrected chi connectivity index (χ1v) is 6.56. The molecule has 0 amide bonds. The number of hydrogen-bond acceptors (Lipinski definition) is 1. The quantitative estimate of drug-likeness (QED) is 0.806. The Morgan fingerprint density at radius 3 is 2.35 bits per heavy atom. The predicted octanol–water partition coefficient (Wildman–Crippen LogP) is 4.27. The molecule has 106 valence electrons. The van der Waals surface area contributed by atoms with Gasteiger partial charge < -0.3 is 5.32 Å². The lowest BCUT2D eigenvalue weighted by Gasteiger charge is -2.12. The third kappa shape index (κ3) is 3.39. The fourth-order valence-corrected chi connectivity index (χ4v) is 2.08. The molecule has 0 atom stereocenters. The number of halogens is 3. The second-order valence-corrected chi connectivity index (χ2v) is 4.60. The van der Waals surface area contributed by atoms with Crippen LogP contribution in [0.25, 0.3) is 11.1 Å². The van der Waals surface area contributed by atoms with E-state index in [4.69, 9.17) is 0 Å². The van der Waals surface area contributed by atoms with E-state index >= 15 is 0 Å². The summed E-state index contributed by atoms with van der Waals surface area (Å²) in [6.45, 7) is 3.21. The van der Waals surface area contributed by atoms with Gasteiger partial charge in [0.15, 0.2) is 0 Å². The molecule has 0 aliphatic rings. The lowest BCUT2D eigenvalue weighted by molar-refractivity contribution is 0.601. The average molecular weight is 279 g/mol. The zero-order valence-electron chi connectivity index (χ0n) is 11.2. The molecule has 0 aliphatic carbocycles. The van der Waals surface area contributed by atoms with E-state index in [1.165, 1.54) is 18.2 Å². The SMILES string of the molecule is CCCNCc1cc(F)ccc1-c1cc(F)ccc1F. The van der Waals surface area contributed by atoms with Crippen LogP contribution in [0.3, 0.4) is 0 Å². The molecule has 0 saturated heterocycles. The molecule has 4 heteroatoms. The topological polar surface area (TPSA) is 12.0 Å². The molecule has 0 aromatic heterocycles. The van der Waals surface area contributed by atoms with Crippen LogP contribution in [0.15, 0.2) is 36.4 Å². The summed E-state index contributed by atoms with van der Waals surface area (Å²) in [7, 11) is 0. The Bertz CT molecular complexity index is 596. The van der Waals surface area contributed by atoms with Crippen molar-refractivity contribution < 1.29 is 13.2 Å². The van der Waals surface area contributed by atoms with Gasteiger partial charge >= 0.3 is 0 Å². The molecule has 1 nitrogen and oxygen atoms in total. The van der Waals surface area contributed by atoms with E-state index in [-0.39, 0.29) is 11.4 Å². The van der Waals surface area contributed by atoms with Crippen LogP contribution in [0.1, 0.15) is 18.9 Å². The third-order valence-corrected chi connectivity index (χ3v) is 3.03. The lowest BCUT2D eigenvalue weighted by atomic mass is 9.98. The fraction of sp³-hybridized carbons (Fsp3) is 0.250. The second-order valence-electron chi connectivity index (χ2n) is 4.60. The summed E-state index contributed by atoms with van der Waals surface area (Å²) in [5, 5.41) is 3.14. The van der Waals surface area contributed by atoms with Crippen molar-refractivity contribution in [1.82, 2.24) is 5.32 Å². The highest BCUT2D eigenvalue weighted by atomic mass is 19.1. The van der Waals surface area contributed by atoms with E-state index < -0.39 is 11.6 Å². The maximum Gasteiger partial charge on any atom is 0.131 e. The van der Waals surface area contributed by atoms with Gasteiger partial charge in [0.2, 0.25) is 0 Å². The average Bonchev–Trinajstić information content (AvgIpc) is 2.42. The summed E-state index contributed by atoms with van der Waals surface area (Å²) in [5.74, 6) is -1.42. The minimum Gasteiger partial charge on any atom is -0.313 e. The highest BCUT2D eigenvalue weighted by molar-refractivity contribution is 5.68. The molecule has 2 rings (SSSR count). The number of nitrogens with one attached hydrogen (secondary N) is 1. The molecule has 0 spiro atoms. The van der Waals surface area contributed by atoms with Gasteiger partial charge in [-0.1, -0.05) is 13.0 Å². The van der Waals surface area contributed by atoms with Crippen molar-refractivity contribution in [3.05, 3.63) is 59.4 Å². The first-order chi connectivity index (χ1) is 9.61. The van der Waals surface area contributed by atoms with Crippen LogP contribution in [0, 0.1) is 17.5 Å². The van der Waals surface area contributed by atoms with Crippen molar-refractivity contribution in [3.8, 4) is 11.1 Å². The summed E-state index contributed by atoms with van der Waals surface area (Å²) >= 11 is 0. The standard InChI is InChI=1S/C16H16F3N/c1-2-7-20-10-11-8-12(17)3-5-14(11)15-9-13(18)4-6-16(15)19/h3-6,8-9,20H,2,7,10H2,1H3. The Balaban J connectivity index is 2.41. The molecule has 1 N–H and O–H groups in total. The van der Waals surface area contributed by atoms with E-state index in [1.54, 1.807) is 0 Å². The van der Waals surface area contributed by atoms with Crippen LogP contribution in [-0.2, 0) is 6.54 Å². The van der Waals surface area contributed by atoms with Crippen molar-refractivity contribution in [2.75, 3.05) is 6.54 Å². The molecular weight excluding hydrogens is 263 g/mol. The van der Waals surface area contributed by atoms with Crippen LogP contribution >= 0.6 is 0 Å². The second kappa shape index (κ2) is 6.57. The monoisotopic (exact) mass is 279 g/mol. The number of hydrogen-bond donors (Lipinski definition) is 1. The summed E-state index contributed by atoms with van der Waals surface area (Å²) in [6.07, 6.45) is 0.943. The van der Waals surface area contributed by atoms with Gasteiger partial charge in [-0.2, -0.15) is 0 Å². The van der Waals surface area contributed by atoms with Crippen LogP contribution in [0.4, 0.5) is 13.2 Å². The van der Waals surface area contributed by atoms with E-state index in [9.17, 15) is 13.2 Å². The zero-order valence-corrected chi connectivity index (χ0v) is 11.2. The molecule has 0 unspecified atom stereocenters. The minimum absolute atomic E-state index is 0.151. The molecule has 2 aromatic rings. The fourth-order valence-electron chi connectivity index (χ4n) is 2.08. The van der Waals surface area contributed by atoms with Gasteiger partial charge in [-0.3, -0.25) is 0 Å². The van der Waals surface area contributed by atoms with E-state index in [0.717, 1.165) is 31.2 Å². The normalized spacial score (nSPS) is 10.8. The van der Waals surface area contributed by atoms with Crippen molar-refractivity contribution >= 4 is 0 Å². The van der Waals surface area contributed by atoms with E-state index in [2.05, 4.69) is 5.32 Å². The van der Waals surface area contributed by atoms with Crippen LogP contribution in [-0.4, -0.2) is 6.54 Å². The van der Waals surface area contributed by atoms with Crippen LogP contribution in [0.5, 0.6) is 0 Å². The molecule has 0 bridgehead atoms. The van der Waals surface area contributed by atoms with E-state index in [1.807, 2.05) is 6.92 Å². The van der Waals surface area contributed by atoms with Gasteiger partial charge in [0.25, 0.3) is 0 Å². The number of rotatable bonds is 5. The van der Waals surface area contributed by atoms with E-state index in [0.29, 0.717) is 17.7 Å². The maximum atomic E-state index is 13.8. The Labute approximate surface area is 116 Å². The molecule has 2 aromatic carbocycles. The lowest BCUT2D eigenvalue weighted by Crippen LogP contribution is -2.14. The summed E-state index contributed by atoms with van der Waals surface area (Å²) in [5.41, 5.74) is 1.27. The Morgan fingerprint density at radius 2 is 1.60 bits per heavy atom. The molecule has 0 aliphatic heterocycles. The smallest absolute Gasteiger partial charge is 0.131 e. The molecule has 20 heavy (non-hydrogen) atoms. The summed E-state index contributed by atoms with van der Waals surface area (Å²) < 4.78 is 40.5. The minimum atomic E-state index is -0.519. The van der Waals surface area contributed by atoms with Gasteiger partial charge in [0, 0.05) is 12.1 Å². The molecular formula is C16H16F3N. The highest BCUT2D eigenvalue weighted by Crippen LogP contribution is 2.28. The summed E-state index contributed by atoms with van der Waals surface area (Å²) in [4.78, 5) is 0. The molecule has 0 saturated carbocycles. The molecule has 0 fully saturated rings. The highest BCUT2D eigenvalue weighted by Gasteiger charge is 2.11. The van der Waals surface area contributed by atoms with Crippen LogP contribution in [0.2, 0.25) is 0 Å². The maximum absolute atomic E-state index is 13.8. The van der Waals surface area contributed by atoms with Crippen molar-refractivity contribution in [3.63, 3.8) is 0 Å². The van der Waals surface area contributed by atoms with Crippen molar-refractivity contribution in [2.24, 2.45) is 0 Å². The first kappa shape index (κ1) is 14.6. The Hall–Kier alpha value is -1.81. The van der Waals surface area contributed by atoms with Gasteiger partial charge in [-0.15, -0.1) is 0 Å². The number of benzene rings is 2. The molecule has 0 heterocycles. The van der Waals surface area contributed by atoms with Gasteiger partial charge in [0.05, 0.1) is 0 Å². The van der Waals surface area contributed by atoms with Gasteiger partial charge in [-0.25, -0.2) is 13.2 Å². The van der Waals surface area contributed by atoms with Crippen molar-refractivity contribution in [2.45, 2.75) is 19.9 Å². The predicted molar refractivity (Wildman–Crippen MR) is 73.7 cm³/mol. The summed E-state index contributed by atoms with van der Waals surface area (Å²) in [6, 6.07) is 7.36. The van der Waals surface area contributed by atoms with Crippen molar-refractivity contribution in [1.29, 1.82) is 0 Å². The van der Waals surface area contributed by atoms with Crippen LogP contribution < -0.4 is 5.32 Å². The zero-order chi connectivity index (χ0) is 14.5. The Kier molecular flexibility index (Phi) is 4.79. The van der Waals surface area contributed by atoms with Gasteiger partial charge in [0.1, 0.15) is 17.5 Å². The first-order valence-electron chi connectivity index (χ1n) is 6.56. The third-order valence-electron chi connectivity index (χ3n) is 3.03. The molecule has 0 radical (unpaired) electrons. The Morgan fingerprint density at radius 1 is 0.900 bits per heavy atom. The largest absolute Gasteiger partial charge is 0.313 e. The van der Waals surface area contributed by atoms with Gasteiger partial charge in [-0.05, 0) is 54.4 Å².